The van der Waals surface area contributed by atoms with Gasteiger partial charge in [0.25, 0.3) is 5.91 Å². The van der Waals surface area contributed by atoms with Gasteiger partial charge in [0.2, 0.25) is 5.91 Å². The molecular weight excluding hydrogens is 394 g/mol. The van der Waals surface area contributed by atoms with Crippen molar-refractivity contribution in [3.8, 4) is 5.75 Å². The predicted molar refractivity (Wildman–Crippen MR) is 120 cm³/mol. The summed E-state index contributed by atoms with van der Waals surface area (Å²) in [7, 11) is 1.62. The fraction of sp³-hybridized carbons (Fsp3) is 0.292. The summed E-state index contributed by atoms with van der Waals surface area (Å²) in [6.07, 6.45) is 1.64. The number of nitrogens with zero attached hydrogens (tertiary/aromatic N) is 1. The van der Waals surface area contributed by atoms with Crippen LogP contribution in [0, 0.1) is 13.8 Å². The molecule has 0 saturated carbocycles. The largest absolute Gasteiger partial charge is 0.496 e. The highest BCUT2D eigenvalue weighted by molar-refractivity contribution is 6.16. The molecule has 0 unspecified atom stereocenters. The van der Waals surface area contributed by atoms with Crippen molar-refractivity contribution in [3.05, 3.63) is 64.3 Å². The highest BCUT2D eigenvalue weighted by Gasteiger charge is 2.35. The molecule has 1 saturated heterocycles. The Morgan fingerprint density at radius 1 is 1.19 bits per heavy atom. The van der Waals surface area contributed by atoms with Gasteiger partial charge >= 0.3 is 6.03 Å². The van der Waals surface area contributed by atoms with Crippen molar-refractivity contribution in [2.75, 3.05) is 19.0 Å². The van der Waals surface area contributed by atoms with Crippen LogP contribution in [0.25, 0.3) is 6.08 Å². The second-order valence-electron chi connectivity index (χ2n) is 7.90. The van der Waals surface area contributed by atoms with Crippen LogP contribution in [0.15, 0.2) is 42.1 Å². The number of anilines is 1. The number of ether oxygens (including phenoxy) is 1. The zero-order valence-electron chi connectivity index (χ0n) is 18.4. The summed E-state index contributed by atoms with van der Waals surface area (Å²) >= 11 is 0. The fourth-order valence-electron chi connectivity index (χ4n) is 3.44. The molecule has 1 aliphatic rings. The fourth-order valence-corrected chi connectivity index (χ4v) is 3.44. The minimum absolute atomic E-state index is 0.135. The van der Waals surface area contributed by atoms with E-state index < -0.39 is 17.8 Å². The van der Waals surface area contributed by atoms with Crippen LogP contribution < -0.4 is 15.4 Å². The molecule has 31 heavy (non-hydrogen) atoms. The smallest absolute Gasteiger partial charge is 0.329 e. The molecule has 7 heteroatoms. The maximum absolute atomic E-state index is 12.8. The Labute approximate surface area is 182 Å². The lowest BCUT2D eigenvalue weighted by atomic mass is 9.96. The minimum Gasteiger partial charge on any atom is -0.496 e. The van der Waals surface area contributed by atoms with Crippen LogP contribution in [0.3, 0.4) is 0 Å². The van der Waals surface area contributed by atoms with Gasteiger partial charge in [0.1, 0.15) is 18.0 Å². The third-order valence-corrected chi connectivity index (χ3v) is 5.11. The molecule has 162 valence electrons. The molecule has 1 aliphatic heterocycles. The molecule has 0 atom stereocenters. The van der Waals surface area contributed by atoms with Crippen LogP contribution in [0.4, 0.5) is 10.5 Å². The monoisotopic (exact) mass is 421 g/mol. The number of amides is 4. The molecule has 1 fully saturated rings. The number of nitrogens with one attached hydrogen (secondary N) is 2. The zero-order chi connectivity index (χ0) is 22.7. The maximum atomic E-state index is 12.8. The molecule has 0 aliphatic carbocycles. The van der Waals surface area contributed by atoms with E-state index in [1.165, 1.54) is 0 Å². The number of methoxy groups -OCH3 is 1. The van der Waals surface area contributed by atoms with Gasteiger partial charge in [0.15, 0.2) is 0 Å². The topological polar surface area (TPSA) is 87.7 Å². The Balaban J connectivity index is 1.79. The molecular formula is C24H27N3O4. The van der Waals surface area contributed by atoms with Crippen molar-refractivity contribution in [2.45, 2.75) is 33.6 Å². The molecule has 0 spiro atoms. The summed E-state index contributed by atoms with van der Waals surface area (Å²) in [6.45, 7) is 7.57. The first-order valence-electron chi connectivity index (χ1n) is 10.1. The third-order valence-electron chi connectivity index (χ3n) is 5.11. The molecule has 0 aromatic heterocycles. The SMILES string of the molecule is COc1cc(C)c(/C=C2\NC(=O)N(CC(=O)Nc3cccc(C)c3)C2=O)cc1C(C)C. The van der Waals surface area contributed by atoms with Crippen LogP contribution in [0.1, 0.15) is 42.0 Å². The Morgan fingerprint density at radius 2 is 1.94 bits per heavy atom. The lowest BCUT2D eigenvalue weighted by Gasteiger charge is -2.15. The average molecular weight is 421 g/mol. The number of imide groups is 1. The van der Waals surface area contributed by atoms with Crippen molar-refractivity contribution in [2.24, 2.45) is 0 Å². The van der Waals surface area contributed by atoms with E-state index in [1.807, 2.05) is 44.2 Å². The molecule has 7 nitrogen and oxygen atoms in total. The van der Waals surface area contributed by atoms with Gasteiger partial charge in [-0.1, -0.05) is 26.0 Å². The van der Waals surface area contributed by atoms with Gasteiger partial charge in [-0.15, -0.1) is 0 Å². The van der Waals surface area contributed by atoms with Crippen LogP contribution in [-0.4, -0.2) is 36.4 Å². The van der Waals surface area contributed by atoms with Crippen molar-refractivity contribution < 1.29 is 19.1 Å². The Kier molecular flexibility index (Phi) is 6.44. The van der Waals surface area contributed by atoms with Gasteiger partial charge < -0.3 is 15.4 Å². The van der Waals surface area contributed by atoms with E-state index in [-0.39, 0.29) is 18.2 Å². The number of carbonyl (C=O) groups excluding carboxylic acids is 3. The average Bonchev–Trinajstić information content (AvgIpc) is 2.96. The summed E-state index contributed by atoms with van der Waals surface area (Å²) in [5.41, 5.74) is 4.46. The minimum atomic E-state index is -0.620. The van der Waals surface area contributed by atoms with Gasteiger partial charge in [-0.05, 0) is 72.4 Å². The molecule has 4 amide bonds. The molecule has 2 aromatic carbocycles. The molecule has 2 N–H and O–H groups in total. The molecule has 0 bridgehead atoms. The van der Waals surface area contributed by atoms with Gasteiger partial charge in [-0.2, -0.15) is 0 Å². The zero-order valence-corrected chi connectivity index (χ0v) is 18.4. The first kappa shape index (κ1) is 22.1. The Bertz CT molecular complexity index is 1070. The van der Waals surface area contributed by atoms with Crippen LogP contribution in [-0.2, 0) is 9.59 Å². The van der Waals surface area contributed by atoms with E-state index in [1.54, 1.807) is 19.3 Å². The lowest BCUT2D eigenvalue weighted by molar-refractivity contribution is -0.127. The second kappa shape index (κ2) is 9.04. The van der Waals surface area contributed by atoms with Gasteiger partial charge in [0.05, 0.1) is 7.11 Å². The van der Waals surface area contributed by atoms with Crippen molar-refractivity contribution in [1.82, 2.24) is 10.2 Å². The van der Waals surface area contributed by atoms with Gasteiger partial charge in [-0.25, -0.2) is 9.69 Å². The van der Waals surface area contributed by atoms with E-state index in [9.17, 15) is 14.4 Å². The van der Waals surface area contributed by atoms with Crippen LogP contribution in [0.2, 0.25) is 0 Å². The molecule has 2 aromatic rings. The number of aryl methyl sites for hydroxylation is 2. The summed E-state index contributed by atoms with van der Waals surface area (Å²) in [5.74, 6) is 0.0260. The van der Waals surface area contributed by atoms with Gasteiger partial charge in [0, 0.05) is 5.69 Å². The number of rotatable bonds is 6. The lowest BCUT2D eigenvalue weighted by Crippen LogP contribution is -2.38. The maximum Gasteiger partial charge on any atom is 0.329 e. The van der Waals surface area contributed by atoms with Gasteiger partial charge in [-0.3, -0.25) is 9.59 Å². The summed E-state index contributed by atoms with van der Waals surface area (Å²) in [5, 5.41) is 5.28. The third kappa shape index (κ3) is 4.94. The van der Waals surface area contributed by atoms with E-state index in [4.69, 9.17) is 4.74 Å². The van der Waals surface area contributed by atoms with Crippen molar-refractivity contribution in [3.63, 3.8) is 0 Å². The number of carbonyl (C=O) groups is 3. The number of hydrogen-bond acceptors (Lipinski definition) is 4. The predicted octanol–water partition coefficient (Wildman–Crippen LogP) is 3.97. The summed E-state index contributed by atoms with van der Waals surface area (Å²) in [4.78, 5) is 38.4. The number of urea groups is 1. The molecule has 1 heterocycles. The standard InChI is InChI=1S/C24H27N3O4/c1-14(2)19-11-17(16(4)10-21(19)31-5)12-20-23(29)27(24(30)26-20)13-22(28)25-18-8-6-7-15(3)9-18/h6-12,14H,13H2,1-5H3,(H,25,28)(H,26,30)/b20-12-. The normalized spacial score (nSPS) is 14.9. The van der Waals surface area contributed by atoms with E-state index in [0.717, 1.165) is 32.9 Å². The Morgan fingerprint density at radius 3 is 2.58 bits per heavy atom. The van der Waals surface area contributed by atoms with Crippen molar-refractivity contribution >= 4 is 29.6 Å². The van der Waals surface area contributed by atoms with Crippen LogP contribution in [0.5, 0.6) is 5.75 Å². The first-order chi connectivity index (χ1) is 14.7. The summed E-state index contributed by atoms with van der Waals surface area (Å²) < 4.78 is 5.46. The second-order valence-corrected chi connectivity index (χ2v) is 7.90. The van der Waals surface area contributed by atoms with E-state index in [2.05, 4.69) is 24.5 Å². The number of hydrogen-bond donors (Lipinski definition) is 2. The quantitative estimate of drug-likeness (QED) is 0.546. The van der Waals surface area contributed by atoms with E-state index >= 15 is 0 Å². The Hall–Kier alpha value is -3.61. The molecule has 3 rings (SSSR count). The highest BCUT2D eigenvalue weighted by atomic mass is 16.5. The first-order valence-corrected chi connectivity index (χ1v) is 10.1. The number of benzene rings is 2. The van der Waals surface area contributed by atoms with Crippen LogP contribution >= 0.6 is 0 Å². The van der Waals surface area contributed by atoms with Crippen molar-refractivity contribution in [1.29, 1.82) is 0 Å². The molecule has 0 radical (unpaired) electrons. The van der Waals surface area contributed by atoms with E-state index in [0.29, 0.717) is 5.69 Å². The highest BCUT2D eigenvalue weighted by Crippen LogP contribution is 2.31. The summed E-state index contributed by atoms with van der Waals surface area (Å²) in [6, 6.07) is 10.5.